The molecule has 3 heteroatoms. The fraction of sp³-hybridized carbons (Fsp3) is 0.900. The van der Waals surface area contributed by atoms with Gasteiger partial charge in [0.25, 0.3) is 0 Å². The summed E-state index contributed by atoms with van der Waals surface area (Å²) >= 11 is 0. The van der Waals surface area contributed by atoms with Gasteiger partial charge in [-0.3, -0.25) is 4.79 Å². The first kappa shape index (κ1) is 10.5. The molecule has 3 unspecified atom stereocenters. The molecule has 0 aliphatic carbocycles. The van der Waals surface area contributed by atoms with Crippen molar-refractivity contribution in [2.75, 3.05) is 0 Å². The Balaban J connectivity index is 2.61. The van der Waals surface area contributed by atoms with Gasteiger partial charge in [-0.2, -0.15) is 0 Å². The van der Waals surface area contributed by atoms with Gasteiger partial charge in [0.1, 0.15) is 0 Å². The predicted octanol–water partition coefficient (Wildman–Crippen LogP) is 1.91. The van der Waals surface area contributed by atoms with Crippen LogP contribution in [-0.4, -0.2) is 23.3 Å². The third-order valence-electron chi connectivity index (χ3n) is 2.75. The molecule has 1 fully saturated rings. The zero-order valence-corrected chi connectivity index (χ0v) is 8.49. The fourth-order valence-corrected chi connectivity index (χ4v) is 1.85. The summed E-state index contributed by atoms with van der Waals surface area (Å²) in [5, 5.41) is 8.93. The van der Waals surface area contributed by atoms with Gasteiger partial charge in [-0.05, 0) is 18.8 Å². The third-order valence-corrected chi connectivity index (χ3v) is 2.75. The highest BCUT2D eigenvalue weighted by Gasteiger charge is 2.39. The maximum atomic E-state index is 10.9. The molecule has 0 spiro atoms. The number of carbonyl (C=O) groups is 1. The largest absolute Gasteiger partial charge is 0.481 e. The highest BCUT2D eigenvalue weighted by atomic mass is 16.5. The fourth-order valence-electron chi connectivity index (χ4n) is 1.85. The normalized spacial score (nSPS) is 34.0. The summed E-state index contributed by atoms with van der Waals surface area (Å²) in [5.74, 6) is -0.592. The molecule has 1 rings (SSSR count). The van der Waals surface area contributed by atoms with Crippen LogP contribution in [0.3, 0.4) is 0 Å². The molecule has 0 aromatic heterocycles. The lowest BCUT2D eigenvalue weighted by Crippen LogP contribution is -2.22. The molecule has 1 aliphatic heterocycles. The number of ether oxygens (including phenoxy) is 1. The van der Waals surface area contributed by atoms with Crippen LogP contribution in [0.2, 0.25) is 0 Å². The van der Waals surface area contributed by atoms with E-state index >= 15 is 0 Å². The highest BCUT2D eigenvalue weighted by molar-refractivity contribution is 5.71. The monoisotopic (exact) mass is 186 g/mol. The lowest BCUT2D eigenvalue weighted by molar-refractivity contribution is -0.143. The molecule has 0 bridgehead atoms. The zero-order chi connectivity index (χ0) is 10.0. The van der Waals surface area contributed by atoms with Crippen LogP contribution in [0, 0.1) is 11.8 Å². The van der Waals surface area contributed by atoms with Gasteiger partial charge in [-0.1, -0.05) is 20.8 Å². The van der Waals surface area contributed by atoms with Crippen molar-refractivity contribution in [3.8, 4) is 0 Å². The van der Waals surface area contributed by atoms with Crippen molar-refractivity contribution in [1.29, 1.82) is 0 Å². The van der Waals surface area contributed by atoms with E-state index in [4.69, 9.17) is 9.84 Å². The van der Waals surface area contributed by atoms with Crippen LogP contribution >= 0.6 is 0 Å². The van der Waals surface area contributed by atoms with Gasteiger partial charge in [0.2, 0.25) is 0 Å². The molecular formula is C10H18O3. The van der Waals surface area contributed by atoms with Crippen molar-refractivity contribution in [2.24, 2.45) is 11.8 Å². The van der Waals surface area contributed by atoms with E-state index in [1.807, 2.05) is 6.92 Å². The van der Waals surface area contributed by atoms with Crippen molar-refractivity contribution in [3.63, 3.8) is 0 Å². The molecule has 0 saturated carbocycles. The molecule has 13 heavy (non-hydrogen) atoms. The van der Waals surface area contributed by atoms with Crippen molar-refractivity contribution < 1.29 is 14.6 Å². The average molecular weight is 186 g/mol. The summed E-state index contributed by atoms with van der Waals surface area (Å²) in [6.07, 6.45) is 1.52. The molecule has 3 atom stereocenters. The predicted molar refractivity (Wildman–Crippen MR) is 49.5 cm³/mol. The van der Waals surface area contributed by atoms with E-state index in [1.165, 1.54) is 0 Å². The summed E-state index contributed by atoms with van der Waals surface area (Å²) in [5.41, 5.74) is 0. The lowest BCUT2D eigenvalue weighted by Gasteiger charge is -2.15. The Morgan fingerprint density at radius 3 is 2.54 bits per heavy atom. The average Bonchev–Trinajstić information content (AvgIpc) is 2.47. The van der Waals surface area contributed by atoms with E-state index in [2.05, 4.69) is 13.8 Å². The van der Waals surface area contributed by atoms with Crippen molar-refractivity contribution in [1.82, 2.24) is 0 Å². The Bertz CT molecular complexity index is 189. The summed E-state index contributed by atoms with van der Waals surface area (Å²) < 4.78 is 5.67. The maximum Gasteiger partial charge on any atom is 0.309 e. The molecule has 0 amide bonds. The van der Waals surface area contributed by atoms with Crippen LogP contribution in [0.1, 0.15) is 33.6 Å². The number of aliphatic carboxylic acids is 1. The van der Waals surface area contributed by atoms with E-state index < -0.39 is 5.97 Å². The van der Waals surface area contributed by atoms with Gasteiger partial charge in [-0.15, -0.1) is 0 Å². The standard InChI is InChI=1S/C10H18O3/c1-4-8-7(10(11)12)5-9(13-8)6(2)3/h6-9H,4-5H2,1-3H3,(H,11,12). The number of hydrogen-bond donors (Lipinski definition) is 1. The third kappa shape index (κ3) is 2.21. The van der Waals surface area contributed by atoms with Crippen LogP contribution in [0.5, 0.6) is 0 Å². The highest BCUT2D eigenvalue weighted by Crippen LogP contribution is 2.32. The second-order valence-electron chi connectivity index (χ2n) is 4.05. The smallest absolute Gasteiger partial charge is 0.309 e. The molecule has 1 aliphatic rings. The number of rotatable bonds is 3. The Morgan fingerprint density at radius 1 is 1.62 bits per heavy atom. The van der Waals surface area contributed by atoms with Gasteiger partial charge in [0.05, 0.1) is 18.1 Å². The quantitative estimate of drug-likeness (QED) is 0.732. The van der Waals surface area contributed by atoms with E-state index in [0.717, 1.165) is 6.42 Å². The second kappa shape index (κ2) is 4.09. The van der Waals surface area contributed by atoms with E-state index in [-0.39, 0.29) is 18.1 Å². The minimum absolute atomic E-state index is 0.0788. The van der Waals surface area contributed by atoms with Crippen molar-refractivity contribution >= 4 is 5.97 Å². The van der Waals surface area contributed by atoms with E-state index in [9.17, 15) is 4.79 Å². The maximum absolute atomic E-state index is 10.9. The Labute approximate surface area is 79.1 Å². The van der Waals surface area contributed by atoms with Crippen molar-refractivity contribution in [3.05, 3.63) is 0 Å². The number of hydrogen-bond acceptors (Lipinski definition) is 2. The van der Waals surface area contributed by atoms with Gasteiger partial charge < -0.3 is 9.84 Å². The van der Waals surface area contributed by atoms with Gasteiger partial charge in [0.15, 0.2) is 0 Å². The number of carboxylic acids is 1. The van der Waals surface area contributed by atoms with Crippen LogP contribution in [-0.2, 0) is 9.53 Å². The van der Waals surface area contributed by atoms with E-state index in [1.54, 1.807) is 0 Å². The van der Waals surface area contributed by atoms with Crippen LogP contribution < -0.4 is 0 Å². The molecule has 1 saturated heterocycles. The Morgan fingerprint density at radius 2 is 2.23 bits per heavy atom. The van der Waals surface area contributed by atoms with Gasteiger partial charge in [0, 0.05) is 0 Å². The Kier molecular flexibility index (Phi) is 3.31. The summed E-state index contributed by atoms with van der Waals surface area (Å²) in [6, 6.07) is 0. The molecule has 76 valence electrons. The van der Waals surface area contributed by atoms with Crippen LogP contribution in [0.4, 0.5) is 0 Å². The molecule has 0 aromatic rings. The first-order valence-corrected chi connectivity index (χ1v) is 4.94. The lowest BCUT2D eigenvalue weighted by atomic mass is 9.94. The second-order valence-corrected chi connectivity index (χ2v) is 4.05. The zero-order valence-electron chi connectivity index (χ0n) is 8.49. The summed E-state index contributed by atoms with van der Waals surface area (Å²) in [7, 11) is 0. The summed E-state index contributed by atoms with van der Waals surface area (Å²) in [4.78, 5) is 10.9. The molecule has 0 aromatic carbocycles. The summed E-state index contributed by atoms with van der Waals surface area (Å²) in [6.45, 7) is 6.12. The van der Waals surface area contributed by atoms with E-state index in [0.29, 0.717) is 12.3 Å². The minimum atomic E-state index is -0.713. The molecular weight excluding hydrogens is 168 g/mol. The van der Waals surface area contributed by atoms with Crippen LogP contribution in [0.25, 0.3) is 0 Å². The molecule has 3 nitrogen and oxygen atoms in total. The van der Waals surface area contributed by atoms with Crippen molar-refractivity contribution in [2.45, 2.75) is 45.8 Å². The first-order valence-electron chi connectivity index (χ1n) is 4.94. The van der Waals surface area contributed by atoms with Gasteiger partial charge >= 0.3 is 5.97 Å². The van der Waals surface area contributed by atoms with Crippen LogP contribution in [0.15, 0.2) is 0 Å². The molecule has 0 radical (unpaired) electrons. The minimum Gasteiger partial charge on any atom is -0.481 e. The SMILES string of the molecule is CCC1OC(C(C)C)CC1C(=O)O. The Hall–Kier alpha value is -0.570. The number of carboxylic acid groups (broad SMARTS) is 1. The molecule has 1 heterocycles. The first-order chi connectivity index (χ1) is 6.06. The topological polar surface area (TPSA) is 46.5 Å². The van der Waals surface area contributed by atoms with Gasteiger partial charge in [-0.25, -0.2) is 0 Å². The molecule has 1 N–H and O–H groups in total.